The van der Waals surface area contributed by atoms with E-state index in [1.54, 1.807) is 0 Å². The van der Waals surface area contributed by atoms with E-state index in [1.165, 1.54) is 6.92 Å². The van der Waals surface area contributed by atoms with Crippen molar-refractivity contribution in [2.24, 2.45) is 0 Å². The van der Waals surface area contributed by atoms with Crippen molar-refractivity contribution in [3.05, 3.63) is 12.2 Å². The van der Waals surface area contributed by atoms with E-state index in [9.17, 15) is 14.4 Å². The normalized spacial score (nSPS) is 7.77. The summed E-state index contributed by atoms with van der Waals surface area (Å²) in [6.45, 7) is 4.60. The molecule has 0 aliphatic heterocycles. The van der Waals surface area contributed by atoms with Crippen LogP contribution in [0, 0.1) is 0 Å². The number of rotatable bonds is 5. The van der Waals surface area contributed by atoms with E-state index in [-0.39, 0.29) is 5.57 Å². The maximum atomic E-state index is 9.60. The minimum Gasteiger partial charge on any atom is -0.478 e. The van der Waals surface area contributed by atoms with Gasteiger partial charge in [-0.2, -0.15) is 0 Å². The fraction of sp³-hybridized carbons (Fsp3) is 0.444. The molecule has 0 amide bonds. The molecular weight excluding hydrogens is 172 g/mol. The van der Waals surface area contributed by atoms with Crippen molar-refractivity contribution in [1.29, 1.82) is 0 Å². The van der Waals surface area contributed by atoms with Crippen LogP contribution >= 0.6 is 0 Å². The first-order chi connectivity index (χ1) is 6.06. The van der Waals surface area contributed by atoms with Crippen LogP contribution in [0.2, 0.25) is 0 Å². The molecule has 0 aliphatic carbocycles. The quantitative estimate of drug-likeness (QED) is 0.398. The van der Waals surface area contributed by atoms with Crippen LogP contribution in [0.15, 0.2) is 12.2 Å². The zero-order valence-corrected chi connectivity index (χ0v) is 7.66. The average molecular weight is 186 g/mol. The molecule has 0 bridgehead atoms. The van der Waals surface area contributed by atoms with E-state index >= 15 is 0 Å². The largest absolute Gasteiger partial charge is 0.478 e. The lowest BCUT2D eigenvalue weighted by atomic mass is 10.3. The standard InChI is InChI=1S/C5H8O2.C4H6O2/c6-4-2-1-3-5-7;1-3(2)4(5)6/h4-5H,1-3H2;1H2,2H3,(H,5,6). The van der Waals surface area contributed by atoms with Crippen LogP contribution in [0.3, 0.4) is 0 Å². The van der Waals surface area contributed by atoms with Crippen LogP contribution in [0.5, 0.6) is 0 Å². The van der Waals surface area contributed by atoms with Gasteiger partial charge in [-0.3, -0.25) is 0 Å². The summed E-state index contributed by atoms with van der Waals surface area (Å²) in [6, 6.07) is 0. The molecule has 4 nitrogen and oxygen atoms in total. The second-order valence-electron chi connectivity index (χ2n) is 2.35. The summed E-state index contributed by atoms with van der Waals surface area (Å²) in [5.41, 5.74) is 0.176. The van der Waals surface area contributed by atoms with Gasteiger partial charge in [0.25, 0.3) is 0 Å². The molecule has 0 heterocycles. The van der Waals surface area contributed by atoms with E-state index in [0.29, 0.717) is 19.3 Å². The Morgan fingerprint density at radius 2 is 1.62 bits per heavy atom. The zero-order chi connectivity index (χ0) is 10.7. The number of aliphatic carboxylic acids is 1. The molecule has 0 aromatic heterocycles. The summed E-state index contributed by atoms with van der Waals surface area (Å²) in [5, 5.41) is 7.89. The SMILES string of the molecule is C=C(C)C(=O)O.O=CCCCC=O. The van der Waals surface area contributed by atoms with Crippen LogP contribution in [0.4, 0.5) is 0 Å². The van der Waals surface area contributed by atoms with Crippen LogP contribution in [0.1, 0.15) is 26.2 Å². The summed E-state index contributed by atoms with van der Waals surface area (Å²) >= 11 is 0. The third kappa shape index (κ3) is 18.0. The van der Waals surface area contributed by atoms with Gasteiger partial charge in [-0.25, -0.2) is 4.79 Å². The smallest absolute Gasteiger partial charge is 0.330 e. The molecule has 0 aliphatic rings. The van der Waals surface area contributed by atoms with Crippen molar-refractivity contribution in [2.75, 3.05) is 0 Å². The number of unbranched alkanes of at least 4 members (excludes halogenated alkanes) is 2. The summed E-state index contributed by atoms with van der Waals surface area (Å²) in [7, 11) is 0. The summed E-state index contributed by atoms with van der Waals surface area (Å²) in [6.07, 6.45) is 3.37. The van der Waals surface area contributed by atoms with Gasteiger partial charge in [0.05, 0.1) is 0 Å². The molecule has 4 heteroatoms. The van der Waals surface area contributed by atoms with Gasteiger partial charge >= 0.3 is 5.97 Å². The molecule has 0 rings (SSSR count). The molecule has 0 spiro atoms. The van der Waals surface area contributed by atoms with Crippen molar-refractivity contribution < 1.29 is 19.5 Å². The second-order valence-corrected chi connectivity index (χ2v) is 2.35. The highest BCUT2D eigenvalue weighted by Gasteiger charge is 1.90. The predicted molar refractivity (Wildman–Crippen MR) is 48.4 cm³/mol. The van der Waals surface area contributed by atoms with Gasteiger partial charge in [0, 0.05) is 18.4 Å². The molecule has 0 saturated heterocycles. The molecule has 0 radical (unpaired) electrons. The highest BCUT2D eigenvalue weighted by molar-refractivity contribution is 5.84. The molecule has 0 saturated carbocycles. The Balaban J connectivity index is 0. The number of hydrogen-bond acceptors (Lipinski definition) is 3. The van der Waals surface area contributed by atoms with Gasteiger partial charge < -0.3 is 14.7 Å². The van der Waals surface area contributed by atoms with E-state index in [4.69, 9.17) is 5.11 Å². The van der Waals surface area contributed by atoms with Gasteiger partial charge in [0.1, 0.15) is 12.6 Å². The van der Waals surface area contributed by atoms with Gasteiger partial charge in [-0.05, 0) is 13.3 Å². The van der Waals surface area contributed by atoms with Crippen LogP contribution in [-0.2, 0) is 14.4 Å². The monoisotopic (exact) mass is 186 g/mol. The first-order valence-electron chi connectivity index (χ1n) is 3.82. The molecule has 0 unspecified atom stereocenters. The third-order valence-electron chi connectivity index (χ3n) is 1.01. The molecule has 1 N–H and O–H groups in total. The third-order valence-corrected chi connectivity index (χ3v) is 1.01. The van der Waals surface area contributed by atoms with Gasteiger partial charge in [-0.1, -0.05) is 6.58 Å². The van der Waals surface area contributed by atoms with Gasteiger partial charge in [-0.15, -0.1) is 0 Å². The van der Waals surface area contributed by atoms with Crippen LogP contribution < -0.4 is 0 Å². The van der Waals surface area contributed by atoms with E-state index < -0.39 is 5.97 Å². The van der Waals surface area contributed by atoms with Crippen molar-refractivity contribution in [3.8, 4) is 0 Å². The number of aldehydes is 2. The van der Waals surface area contributed by atoms with E-state index in [0.717, 1.165) is 12.6 Å². The lowest BCUT2D eigenvalue weighted by molar-refractivity contribution is -0.132. The Hall–Kier alpha value is -1.45. The Kier molecular flexibility index (Phi) is 11.4. The van der Waals surface area contributed by atoms with Gasteiger partial charge in [0.2, 0.25) is 0 Å². The molecule has 13 heavy (non-hydrogen) atoms. The summed E-state index contributed by atoms with van der Waals surface area (Å²) < 4.78 is 0. The lowest BCUT2D eigenvalue weighted by Gasteiger charge is -1.79. The number of carboxylic acids is 1. The summed E-state index contributed by atoms with van der Waals surface area (Å²) in [4.78, 5) is 28.7. The van der Waals surface area contributed by atoms with Crippen molar-refractivity contribution in [1.82, 2.24) is 0 Å². The van der Waals surface area contributed by atoms with Gasteiger partial charge in [0.15, 0.2) is 0 Å². The van der Waals surface area contributed by atoms with Crippen molar-refractivity contribution >= 4 is 18.5 Å². The first kappa shape index (κ1) is 14.1. The lowest BCUT2D eigenvalue weighted by Crippen LogP contribution is -1.92. The molecule has 0 aromatic rings. The van der Waals surface area contributed by atoms with Crippen LogP contribution in [-0.4, -0.2) is 23.6 Å². The van der Waals surface area contributed by atoms with Crippen molar-refractivity contribution in [3.63, 3.8) is 0 Å². The summed E-state index contributed by atoms with van der Waals surface area (Å²) in [5.74, 6) is -0.935. The second kappa shape index (κ2) is 10.6. The fourth-order valence-electron chi connectivity index (χ4n) is 0.285. The maximum absolute atomic E-state index is 9.60. The Morgan fingerprint density at radius 1 is 1.31 bits per heavy atom. The molecule has 0 atom stereocenters. The average Bonchev–Trinajstić information content (AvgIpc) is 2.06. The highest BCUT2D eigenvalue weighted by atomic mass is 16.4. The number of carbonyl (C=O) groups is 3. The molecule has 0 aromatic carbocycles. The van der Waals surface area contributed by atoms with Crippen LogP contribution in [0.25, 0.3) is 0 Å². The number of hydrogen-bond donors (Lipinski definition) is 1. The topological polar surface area (TPSA) is 71.4 Å². The minimum atomic E-state index is -0.935. The Morgan fingerprint density at radius 3 is 1.77 bits per heavy atom. The molecular formula is C9H14O4. The minimum absolute atomic E-state index is 0.176. The highest BCUT2D eigenvalue weighted by Crippen LogP contribution is 1.85. The predicted octanol–water partition coefficient (Wildman–Crippen LogP) is 1.20. The Labute approximate surface area is 77.3 Å². The van der Waals surface area contributed by atoms with E-state index in [1.807, 2.05) is 0 Å². The first-order valence-corrected chi connectivity index (χ1v) is 3.82. The fourth-order valence-corrected chi connectivity index (χ4v) is 0.285. The number of carbonyl (C=O) groups excluding carboxylic acids is 2. The number of carboxylic acid groups (broad SMARTS) is 1. The van der Waals surface area contributed by atoms with E-state index in [2.05, 4.69) is 6.58 Å². The molecule has 74 valence electrons. The zero-order valence-electron chi connectivity index (χ0n) is 7.66. The van der Waals surface area contributed by atoms with Crippen molar-refractivity contribution in [2.45, 2.75) is 26.2 Å². The maximum Gasteiger partial charge on any atom is 0.330 e. The Bertz CT molecular complexity index is 164. The molecule has 0 fully saturated rings.